The van der Waals surface area contributed by atoms with Gasteiger partial charge in [0.25, 0.3) is 11.8 Å². The number of hydroxylamine groups is 1. The van der Waals surface area contributed by atoms with Gasteiger partial charge in [-0.3, -0.25) is 28.8 Å². The second-order valence-electron chi connectivity index (χ2n) is 6.51. The number of nitrogens with one attached hydrogen (secondary N) is 1. The zero-order valence-corrected chi connectivity index (χ0v) is 15.1. The van der Waals surface area contributed by atoms with E-state index in [0.29, 0.717) is 48.8 Å². The molecule has 0 radical (unpaired) electrons. The number of carbonyl (C=O) groups is 2. The van der Waals surface area contributed by atoms with E-state index in [4.69, 9.17) is 5.21 Å². The van der Waals surface area contributed by atoms with Gasteiger partial charge in [-0.25, -0.2) is 5.48 Å². The molecular weight excluding hydrogens is 358 g/mol. The van der Waals surface area contributed by atoms with Crippen LogP contribution in [-0.4, -0.2) is 79.7 Å². The molecule has 3 rings (SSSR count). The first kappa shape index (κ1) is 18.9. The van der Waals surface area contributed by atoms with Crippen molar-refractivity contribution in [2.24, 2.45) is 0 Å². The van der Waals surface area contributed by atoms with Crippen LogP contribution < -0.4 is 5.48 Å². The Morgan fingerprint density at radius 2 is 1.81 bits per heavy atom. The van der Waals surface area contributed by atoms with Crippen LogP contribution in [0.3, 0.4) is 0 Å². The zero-order valence-electron chi connectivity index (χ0n) is 14.2. The quantitative estimate of drug-likeness (QED) is 0.353. The Kier molecular flexibility index (Phi) is 5.64. The fourth-order valence-corrected chi connectivity index (χ4v) is 4.43. The zero-order chi connectivity index (χ0) is 18.7. The van der Waals surface area contributed by atoms with Gasteiger partial charge < -0.3 is 4.90 Å². The highest BCUT2D eigenvalue weighted by atomic mass is 32.3. The van der Waals surface area contributed by atoms with Crippen LogP contribution in [-0.2, 0) is 4.79 Å². The van der Waals surface area contributed by atoms with Crippen molar-refractivity contribution in [3.8, 4) is 0 Å². The van der Waals surface area contributed by atoms with Gasteiger partial charge >= 0.3 is 0 Å². The van der Waals surface area contributed by atoms with Crippen molar-refractivity contribution in [3.63, 3.8) is 0 Å². The van der Waals surface area contributed by atoms with Gasteiger partial charge in [-0.15, -0.1) is 0 Å². The Hall–Kier alpha value is -1.91. The lowest BCUT2D eigenvalue weighted by Gasteiger charge is -2.50. The van der Waals surface area contributed by atoms with Gasteiger partial charge in [0, 0.05) is 43.9 Å². The maximum absolute atomic E-state index is 12.7. The molecule has 2 saturated heterocycles. The Labute approximate surface area is 153 Å². The SMILES string of the molecule is O=C(/C=C/c1ccccc1C(=O)N1CC(N2CCS(O)(O)CC2)C1)NO. The first-order valence-electron chi connectivity index (χ1n) is 8.38. The molecule has 1 aromatic carbocycles. The number of hydrogen-bond acceptors (Lipinski definition) is 6. The van der Waals surface area contributed by atoms with Crippen LogP contribution in [0.15, 0.2) is 30.3 Å². The van der Waals surface area contributed by atoms with Gasteiger partial charge in [0.15, 0.2) is 0 Å². The van der Waals surface area contributed by atoms with Crippen LogP contribution in [0.4, 0.5) is 0 Å². The van der Waals surface area contributed by atoms with Crippen LogP contribution in [0.25, 0.3) is 6.08 Å². The van der Waals surface area contributed by atoms with Gasteiger partial charge in [0.05, 0.1) is 11.5 Å². The number of rotatable bonds is 4. The average Bonchev–Trinajstić information content (AvgIpc) is 2.59. The maximum atomic E-state index is 12.7. The molecule has 0 atom stereocenters. The minimum absolute atomic E-state index is 0.104. The molecular formula is C17H23N3O5S. The minimum atomic E-state index is -2.41. The van der Waals surface area contributed by atoms with E-state index in [9.17, 15) is 18.7 Å². The van der Waals surface area contributed by atoms with Gasteiger partial charge in [-0.1, -0.05) is 18.2 Å². The van der Waals surface area contributed by atoms with Gasteiger partial charge in [0.2, 0.25) is 0 Å². The Bertz CT molecular complexity index is 708. The first-order chi connectivity index (χ1) is 12.4. The molecule has 2 aliphatic heterocycles. The smallest absolute Gasteiger partial charge is 0.267 e. The number of nitrogens with zero attached hydrogens (tertiary/aromatic N) is 2. The summed E-state index contributed by atoms with van der Waals surface area (Å²) in [5.41, 5.74) is 2.62. The second kappa shape index (κ2) is 7.77. The summed E-state index contributed by atoms with van der Waals surface area (Å²) >= 11 is 0. The predicted molar refractivity (Wildman–Crippen MR) is 99.3 cm³/mol. The van der Waals surface area contributed by atoms with Gasteiger partial charge in [0.1, 0.15) is 0 Å². The third-order valence-electron chi connectivity index (χ3n) is 4.79. The van der Waals surface area contributed by atoms with Crippen LogP contribution in [0.2, 0.25) is 0 Å². The van der Waals surface area contributed by atoms with E-state index >= 15 is 0 Å². The standard InChI is InChI=1S/C17H23N3O5S/c21-16(18-23)6-5-13-3-1-2-4-15(13)17(22)20-11-14(12-20)19-7-9-26(24,25)10-8-19/h1-6,14,23-25H,7-12H2,(H,18,21)/b6-5+. The average molecular weight is 381 g/mol. The Morgan fingerprint density at radius 1 is 1.15 bits per heavy atom. The number of likely N-dealkylation sites (tertiary alicyclic amines) is 1. The van der Waals surface area contributed by atoms with E-state index in [1.165, 1.54) is 11.6 Å². The number of hydrogen-bond donors (Lipinski definition) is 4. The van der Waals surface area contributed by atoms with Crippen molar-refractivity contribution >= 4 is 28.5 Å². The second-order valence-corrected chi connectivity index (χ2v) is 8.93. The molecule has 1 aromatic rings. The van der Waals surface area contributed by atoms with Crippen molar-refractivity contribution in [1.29, 1.82) is 0 Å². The van der Waals surface area contributed by atoms with Crippen molar-refractivity contribution in [3.05, 3.63) is 41.5 Å². The first-order valence-corrected chi connectivity index (χ1v) is 10.3. The molecule has 0 saturated carbocycles. The molecule has 4 N–H and O–H groups in total. The molecule has 2 aliphatic rings. The molecule has 2 heterocycles. The summed E-state index contributed by atoms with van der Waals surface area (Å²) < 4.78 is 19.4. The van der Waals surface area contributed by atoms with E-state index in [-0.39, 0.29) is 11.9 Å². The number of benzene rings is 1. The maximum Gasteiger partial charge on any atom is 0.267 e. The van der Waals surface area contributed by atoms with E-state index in [0.717, 1.165) is 6.08 Å². The summed E-state index contributed by atoms with van der Waals surface area (Å²) in [6.45, 7) is 2.50. The minimum Gasteiger partial charge on any atom is -0.335 e. The van der Waals surface area contributed by atoms with Crippen molar-refractivity contribution in [2.75, 3.05) is 37.7 Å². The lowest BCUT2D eigenvalue weighted by molar-refractivity contribution is -0.124. The van der Waals surface area contributed by atoms with E-state index in [1.807, 2.05) is 0 Å². The van der Waals surface area contributed by atoms with Gasteiger partial charge in [-0.2, -0.15) is 10.6 Å². The highest BCUT2D eigenvalue weighted by molar-refractivity contribution is 8.24. The van der Waals surface area contributed by atoms with Crippen LogP contribution in [0.5, 0.6) is 0 Å². The fourth-order valence-electron chi connectivity index (χ4n) is 3.17. The van der Waals surface area contributed by atoms with Crippen molar-refractivity contribution < 1.29 is 23.9 Å². The lowest BCUT2D eigenvalue weighted by atomic mass is 10.0. The van der Waals surface area contributed by atoms with Crippen LogP contribution >= 0.6 is 10.6 Å². The van der Waals surface area contributed by atoms with E-state index in [2.05, 4.69) is 4.90 Å². The van der Waals surface area contributed by atoms with E-state index in [1.54, 1.807) is 29.2 Å². The molecule has 0 aliphatic carbocycles. The molecule has 8 nitrogen and oxygen atoms in total. The molecule has 26 heavy (non-hydrogen) atoms. The fraction of sp³-hybridized carbons (Fsp3) is 0.412. The topological polar surface area (TPSA) is 113 Å². The predicted octanol–water partition coefficient (Wildman–Crippen LogP) is 1.10. The largest absolute Gasteiger partial charge is 0.335 e. The van der Waals surface area contributed by atoms with Gasteiger partial charge in [-0.05, 0) is 17.7 Å². The van der Waals surface area contributed by atoms with Crippen molar-refractivity contribution in [1.82, 2.24) is 15.3 Å². The molecule has 0 spiro atoms. The summed E-state index contributed by atoms with van der Waals surface area (Å²) in [6, 6.07) is 7.24. The monoisotopic (exact) mass is 381 g/mol. The Morgan fingerprint density at radius 3 is 2.46 bits per heavy atom. The molecule has 0 aromatic heterocycles. The van der Waals surface area contributed by atoms with Crippen LogP contribution in [0, 0.1) is 0 Å². The van der Waals surface area contributed by atoms with Crippen LogP contribution in [0.1, 0.15) is 15.9 Å². The summed E-state index contributed by atoms with van der Waals surface area (Å²) in [5, 5.41) is 8.55. The lowest BCUT2D eigenvalue weighted by Crippen LogP contribution is -2.63. The third-order valence-corrected chi connectivity index (χ3v) is 6.47. The summed E-state index contributed by atoms with van der Waals surface area (Å²) in [7, 11) is -2.41. The Balaban J connectivity index is 1.60. The molecule has 0 bridgehead atoms. The van der Waals surface area contributed by atoms with Crippen molar-refractivity contribution in [2.45, 2.75) is 6.04 Å². The third kappa shape index (κ3) is 4.25. The molecule has 2 fully saturated rings. The van der Waals surface area contributed by atoms with E-state index < -0.39 is 16.5 Å². The molecule has 9 heteroatoms. The molecule has 0 unspecified atom stereocenters. The number of amides is 2. The molecule has 2 amide bonds. The highest BCUT2D eigenvalue weighted by Gasteiger charge is 2.37. The summed E-state index contributed by atoms with van der Waals surface area (Å²) in [4.78, 5) is 27.8. The molecule has 142 valence electrons. The summed E-state index contributed by atoms with van der Waals surface area (Å²) in [5.74, 6) is 0.0373. The highest BCUT2D eigenvalue weighted by Crippen LogP contribution is 2.41. The normalized spacial score (nSPS) is 22.0. The number of carbonyl (C=O) groups excluding carboxylic acids is 2. The summed E-state index contributed by atoms with van der Waals surface area (Å²) in [6.07, 6.45) is 2.66.